The van der Waals surface area contributed by atoms with Crippen LogP contribution >= 0.6 is 0 Å². The van der Waals surface area contributed by atoms with Crippen LogP contribution in [0.5, 0.6) is 0 Å². The van der Waals surface area contributed by atoms with Crippen molar-refractivity contribution in [2.75, 3.05) is 13.1 Å². The molecule has 0 unspecified atom stereocenters. The first-order valence-corrected chi connectivity index (χ1v) is 10.1. The van der Waals surface area contributed by atoms with Crippen LogP contribution in [-0.2, 0) is 19.4 Å². The molecule has 27 heavy (non-hydrogen) atoms. The molecule has 0 saturated heterocycles. The van der Waals surface area contributed by atoms with E-state index in [-0.39, 0.29) is 5.91 Å². The zero-order valence-electron chi connectivity index (χ0n) is 16.4. The summed E-state index contributed by atoms with van der Waals surface area (Å²) >= 11 is 0. The van der Waals surface area contributed by atoms with Gasteiger partial charge in [0.15, 0.2) is 0 Å². The van der Waals surface area contributed by atoms with Gasteiger partial charge in [-0.15, -0.1) is 0 Å². The molecule has 1 aliphatic heterocycles. The molecule has 0 atom stereocenters. The summed E-state index contributed by atoms with van der Waals surface area (Å²) in [7, 11) is 0. The molecular formula is C24H28N2O. The highest BCUT2D eigenvalue weighted by Gasteiger charge is 2.30. The van der Waals surface area contributed by atoms with Crippen LogP contribution in [0.4, 0.5) is 0 Å². The Morgan fingerprint density at radius 2 is 1.85 bits per heavy atom. The van der Waals surface area contributed by atoms with Crippen LogP contribution in [0, 0.1) is 6.92 Å². The standard InChI is InChI=1S/C24H28N2O/c1-3-4-14-25-15-13-20-21-17-18(2)10-11-22(21)26(23(20)24(25)27)16-12-19-8-6-5-7-9-19/h5-11,17H,3-4,12-16H2,1-2H3. The predicted octanol–water partition coefficient (Wildman–Crippen LogP) is 4.99. The van der Waals surface area contributed by atoms with Gasteiger partial charge in [0.05, 0.1) is 0 Å². The third kappa shape index (κ3) is 3.39. The number of benzene rings is 2. The second-order valence-corrected chi connectivity index (χ2v) is 7.63. The normalized spacial score (nSPS) is 14.0. The van der Waals surface area contributed by atoms with Gasteiger partial charge in [0, 0.05) is 30.5 Å². The monoisotopic (exact) mass is 360 g/mol. The van der Waals surface area contributed by atoms with E-state index in [0.29, 0.717) is 0 Å². The lowest BCUT2D eigenvalue weighted by Gasteiger charge is -2.28. The fourth-order valence-electron chi connectivity index (χ4n) is 4.21. The summed E-state index contributed by atoms with van der Waals surface area (Å²) in [5, 5.41) is 1.27. The van der Waals surface area contributed by atoms with Gasteiger partial charge in [0.25, 0.3) is 5.91 Å². The van der Waals surface area contributed by atoms with Crippen molar-refractivity contribution in [1.29, 1.82) is 0 Å². The molecule has 1 aliphatic rings. The Balaban J connectivity index is 1.75. The van der Waals surface area contributed by atoms with E-state index in [2.05, 4.69) is 65.8 Å². The van der Waals surface area contributed by atoms with Crippen molar-refractivity contribution in [3.63, 3.8) is 0 Å². The topological polar surface area (TPSA) is 25.2 Å². The first-order valence-electron chi connectivity index (χ1n) is 10.1. The first kappa shape index (κ1) is 17.8. The maximum Gasteiger partial charge on any atom is 0.270 e. The molecule has 0 N–H and O–H groups in total. The van der Waals surface area contributed by atoms with E-state index in [1.807, 2.05) is 6.07 Å². The van der Waals surface area contributed by atoms with E-state index in [4.69, 9.17) is 0 Å². The minimum atomic E-state index is 0.214. The van der Waals surface area contributed by atoms with Crippen LogP contribution in [0.1, 0.15) is 46.9 Å². The Hall–Kier alpha value is -2.55. The van der Waals surface area contributed by atoms with E-state index < -0.39 is 0 Å². The molecule has 1 aromatic heterocycles. The molecule has 140 valence electrons. The molecule has 2 heterocycles. The zero-order chi connectivity index (χ0) is 18.8. The van der Waals surface area contributed by atoms with Gasteiger partial charge < -0.3 is 9.47 Å². The molecule has 3 aromatic rings. The lowest BCUT2D eigenvalue weighted by Crippen LogP contribution is -2.39. The van der Waals surface area contributed by atoms with Crippen LogP contribution in [-0.4, -0.2) is 28.5 Å². The van der Waals surface area contributed by atoms with E-state index in [9.17, 15) is 4.79 Å². The molecule has 4 rings (SSSR count). The summed E-state index contributed by atoms with van der Waals surface area (Å²) in [6.07, 6.45) is 4.09. The number of hydrogen-bond acceptors (Lipinski definition) is 1. The van der Waals surface area contributed by atoms with Crippen molar-refractivity contribution in [1.82, 2.24) is 9.47 Å². The summed E-state index contributed by atoms with van der Waals surface area (Å²) < 4.78 is 2.28. The average molecular weight is 361 g/mol. The summed E-state index contributed by atoms with van der Waals surface area (Å²) in [5.41, 5.74) is 5.94. The van der Waals surface area contributed by atoms with Gasteiger partial charge in [-0.05, 0) is 49.4 Å². The zero-order valence-corrected chi connectivity index (χ0v) is 16.4. The third-order valence-electron chi connectivity index (χ3n) is 5.69. The number of nitrogens with zero attached hydrogens (tertiary/aromatic N) is 2. The highest BCUT2D eigenvalue weighted by molar-refractivity contribution is 6.03. The van der Waals surface area contributed by atoms with Crippen LogP contribution in [0.3, 0.4) is 0 Å². The SMILES string of the molecule is CCCCN1CCc2c(n(CCc3ccccc3)c3ccc(C)cc23)C1=O. The van der Waals surface area contributed by atoms with Gasteiger partial charge >= 0.3 is 0 Å². The molecule has 0 radical (unpaired) electrons. The Labute approximate surface area is 161 Å². The van der Waals surface area contributed by atoms with E-state index in [1.54, 1.807) is 0 Å². The van der Waals surface area contributed by atoms with Gasteiger partial charge in [-0.25, -0.2) is 0 Å². The van der Waals surface area contributed by atoms with Gasteiger partial charge in [-0.3, -0.25) is 4.79 Å². The lowest BCUT2D eigenvalue weighted by molar-refractivity contribution is 0.0726. The number of aromatic nitrogens is 1. The summed E-state index contributed by atoms with van der Waals surface area (Å²) in [4.78, 5) is 15.4. The molecule has 0 fully saturated rings. The van der Waals surface area contributed by atoms with Crippen LogP contribution in [0.25, 0.3) is 10.9 Å². The number of fused-ring (bicyclic) bond motifs is 3. The van der Waals surface area contributed by atoms with Crippen molar-refractivity contribution >= 4 is 16.8 Å². The van der Waals surface area contributed by atoms with Crippen molar-refractivity contribution in [3.05, 3.63) is 70.9 Å². The first-order chi connectivity index (χ1) is 13.2. The fraction of sp³-hybridized carbons (Fsp3) is 0.375. The molecular weight excluding hydrogens is 332 g/mol. The Kier molecular flexibility index (Phi) is 5.02. The predicted molar refractivity (Wildman–Crippen MR) is 111 cm³/mol. The highest BCUT2D eigenvalue weighted by Crippen LogP contribution is 2.32. The van der Waals surface area contributed by atoms with Crippen molar-refractivity contribution < 1.29 is 4.79 Å². The maximum absolute atomic E-state index is 13.3. The fourth-order valence-corrected chi connectivity index (χ4v) is 4.21. The summed E-state index contributed by atoms with van der Waals surface area (Å²) in [6.45, 7) is 6.86. The molecule has 0 aliphatic carbocycles. The van der Waals surface area contributed by atoms with Gasteiger partial charge in [-0.2, -0.15) is 0 Å². The minimum Gasteiger partial charge on any atom is -0.337 e. The molecule has 0 spiro atoms. The second kappa shape index (κ2) is 7.59. The number of hydrogen-bond donors (Lipinski definition) is 0. The maximum atomic E-state index is 13.3. The Bertz CT molecular complexity index is 955. The quantitative estimate of drug-likeness (QED) is 0.608. The molecule has 3 nitrogen and oxygen atoms in total. The summed E-state index contributed by atoms with van der Waals surface area (Å²) in [5.74, 6) is 0.214. The van der Waals surface area contributed by atoms with E-state index in [1.165, 1.54) is 27.6 Å². The molecule has 3 heteroatoms. The van der Waals surface area contributed by atoms with Crippen LogP contribution in [0.15, 0.2) is 48.5 Å². The molecule has 0 bridgehead atoms. The van der Waals surface area contributed by atoms with Gasteiger partial charge in [0.2, 0.25) is 0 Å². The molecule has 0 saturated carbocycles. The number of amides is 1. The van der Waals surface area contributed by atoms with Crippen molar-refractivity contribution in [2.24, 2.45) is 0 Å². The van der Waals surface area contributed by atoms with Crippen molar-refractivity contribution in [2.45, 2.75) is 46.1 Å². The van der Waals surface area contributed by atoms with Crippen molar-refractivity contribution in [3.8, 4) is 0 Å². The minimum absolute atomic E-state index is 0.214. The number of carbonyl (C=O) groups is 1. The van der Waals surface area contributed by atoms with Crippen LogP contribution < -0.4 is 0 Å². The number of aryl methyl sites for hydroxylation is 3. The highest BCUT2D eigenvalue weighted by atomic mass is 16.2. The summed E-state index contributed by atoms with van der Waals surface area (Å²) in [6, 6.07) is 17.1. The van der Waals surface area contributed by atoms with Gasteiger partial charge in [0.1, 0.15) is 5.69 Å². The third-order valence-corrected chi connectivity index (χ3v) is 5.69. The van der Waals surface area contributed by atoms with Gasteiger partial charge in [-0.1, -0.05) is 55.3 Å². The molecule has 2 aromatic carbocycles. The van der Waals surface area contributed by atoms with Crippen LogP contribution in [0.2, 0.25) is 0 Å². The lowest BCUT2D eigenvalue weighted by atomic mass is 10.0. The largest absolute Gasteiger partial charge is 0.337 e. The molecule has 1 amide bonds. The Morgan fingerprint density at radius 3 is 2.63 bits per heavy atom. The number of rotatable bonds is 6. The smallest absolute Gasteiger partial charge is 0.270 e. The Morgan fingerprint density at radius 1 is 1.04 bits per heavy atom. The number of unbranched alkanes of at least 4 members (excludes halogenated alkanes) is 1. The van der Waals surface area contributed by atoms with E-state index >= 15 is 0 Å². The van der Waals surface area contributed by atoms with E-state index in [0.717, 1.165) is 51.0 Å². The number of carbonyl (C=O) groups excluding carboxylic acids is 1. The average Bonchev–Trinajstić information content (AvgIpc) is 3.00. The second-order valence-electron chi connectivity index (χ2n) is 7.63.